The van der Waals surface area contributed by atoms with Gasteiger partial charge in [-0.3, -0.25) is 4.79 Å². The van der Waals surface area contributed by atoms with E-state index in [1.807, 2.05) is 42.5 Å². The van der Waals surface area contributed by atoms with E-state index < -0.39 is 0 Å². The Morgan fingerprint density at radius 3 is 2.46 bits per heavy atom. The highest BCUT2D eigenvalue weighted by atomic mass is 16.5. The lowest BCUT2D eigenvalue weighted by Gasteiger charge is -2.28. The van der Waals surface area contributed by atoms with Gasteiger partial charge >= 0.3 is 0 Å². The SMILES string of the molecule is CC(C)c1ccccc1NCC(=O)Nc1ccc(N2CCOCC2)cc1. The number of nitrogens with zero attached hydrogens (tertiary/aromatic N) is 1. The van der Waals surface area contributed by atoms with Crippen molar-refractivity contribution in [3.8, 4) is 0 Å². The molecule has 26 heavy (non-hydrogen) atoms. The van der Waals surface area contributed by atoms with E-state index >= 15 is 0 Å². The summed E-state index contributed by atoms with van der Waals surface area (Å²) in [5, 5.41) is 6.19. The Balaban J connectivity index is 1.53. The van der Waals surface area contributed by atoms with Crippen molar-refractivity contribution in [2.45, 2.75) is 19.8 Å². The Kier molecular flexibility index (Phi) is 6.12. The predicted molar refractivity (Wildman–Crippen MR) is 107 cm³/mol. The first-order valence-corrected chi connectivity index (χ1v) is 9.19. The number of carbonyl (C=O) groups excluding carboxylic acids is 1. The molecule has 1 fully saturated rings. The van der Waals surface area contributed by atoms with Gasteiger partial charge in [-0.25, -0.2) is 0 Å². The average Bonchev–Trinajstić information content (AvgIpc) is 2.68. The number of hydrogen-bond donors (Lipinski definition) is 2. The summed E-state index contributed by atoms with van der Waals surface area (Å²) in [7, 11) is 0. The van der Waals surface area contributed by atoms with Gasteiger partial charge < -0.3 is 20.3 Å². The number of para-hydroxylation sites is 1. The molecule has 0 atom stereocenters. The van der Waals surface area contributed by atoms with Gasteiger partial charge in [0.05, 0.1) is 19.8 Å². The standard InChI is InChI=1S/C21H27N3O2/c1-16(2)19-5-3-4-6-20(19)22-15-21(25)23-17-7-9-18(10-8-17)24-11-13-26-14-12-24/h3-10,16,22H,11-15H2,1-2H3,(H,23,25). The minimum atomic E-state index is -0.0531. The van der Waals surface area contributed by atoms with Crippen molar-refractivity contribution in [3.63, 3.8) is 0 Å². The fourth-order valence-corrected chi connectivity index (χ4v) is 3.12. The molecule has 2 N–H and O–H groups in total. The Hall–Kier alpha value is -2.53. The van der Waals surface area contributed by atoms with Crippen molar-refractivity contribution in [3.05, 3.63) is 54.1 Å². The molecule has 0 bridgehead atoms. The Morgan fingerprint density at radius 2 is 1.77 bits per heavy atom. The van der Waals surface area contributed by atoms with Crippen molar-refractivity contribution in [1.29, 1.82) is 0 Å². The number of carbonyl (C=O) groups is 1. The van der Waals surface area contributed by atoms with Gasteiger partial charge in [0, 0.05) is 30.2 Å². The van der Waals surface area contributed by atoms with Gasteiger partial charge in [-0.1, -0.05) is 32.0 Å². The van der Waals surface area contributed by atoms with Crippen LogP contribution in [0.3, 0.4) is 0 Å². The largest absolute Gasteiger partial charge is 0.378 e. The first-order chi connectivity index (χ1) is 12.6. The summed E-state index contributed by atoms with van der Waals surface area (Å²) in [4.78, 5) is 14.5. The molecule has 2 aromatic rings. The lowest BCUT2D eigenvalue weighted by Crippen LogP contribution is -2.36. The summed E-state index contributed by atoms with van der Waals surface area (Å²) in [6, 6.07) is 16.1. The lowest BCUT2D eigenvalue weighted by molar-refractivity contribution is -0.114. The van der Waals surface area contributed by atoms with Gasteiger partial charge in [0.2, 0.25) is 5.91 Å². The van der Waals surface area contributed by atoms with Crippen LogP contribution in [0, 0.1) is 0 Å². The molecule has 1 saturated heterocycles. The first kappa shape index (κ1) is 18.3. The van der Waals surface area contributed by atoms with Crippen molar-refractivity contribution < 1.29 is 9.53 Å². The van der Waals surface area contributed by atoms with E-state index in [0.29, 0.717) is 5.92 Å². The number of amides is 1. The minimum Gasteiger partial charge on any atom is -0.378 e. The predicted octanol–water partition coefficient (Wildman–Crippen LogP) is 3.70. The van der Waals surface area contributed by atoms with Crippen LogP contribution in [0.4, 0.5) is 17.1 Å². The van der Waals surface area contributed by atoms with Gasteiger partial charge in [0.25, 0.3) is 0 Å². The van der Waals surface area contributed by atoms with Gasteiger partial charge in [-0.05, 0) is 41.8 Å². The van der Waals surface area contributed by atoms with Gasteiger partial charge in [-0.2, -0.15) is 0 Å². The second kappa shape index (κ2) is 8.72. The van der Waals surface area contributed by atoms with Crippen LogP contribution in [0.1, 0.15) is 25.3 Å². The maximum Gasteiger partial charge on any atom is 0.243 e. The summed E-state index contributed by atoms with van der Waals surface area (Å²) in [5.41, 5.74) is 4.21. The van der Waals surface area contributed by atoms with E-state index in [-0.39, 0.29) is 12.5 Å². The second-order valence-corrected chi connectivity index (χ2v) is 6.79. The van der Waals surface area contributed by atoms with Crippen LogP contribution in [0.5, 0.6) is 0 Å². The zero-order valence-electron chi connectivity index (χ0n) is 15.5. The molecule has 0 aromatic heterocycles. The minimum absolute atomic E-state index is 0.0531. The number of ether oxygens (including phenoxy) is 1. The molecule has 5 nitrogen and oxygen atoms in total. The van der Waals surface area contributed by atoms with Crippen LogP contribution in [0.2, 0.25) is 0 Å². The summed E-state index contributed by atoms with van der Waals surface area (Å²) in [5.74, 6) is 0.358. The summed E-state index contributed by atoms with van der Waals surface area (Å²) >= 11 is 0. The third kappa shape index (κ3) is 4.76. The number of morpholine rings is 1. The van der Waals surface area contributed by atoms with E-state index in [0.717, 1.165) is 43.4 Å². The zero-order chi connectivity index (χ0) is 18.4. The smallest absolute Gasteiger partial charge is 0.243 e. The van der Waals surface area contributed by atoms with Crippen LogP contribution in [0.15, 0.2) is 48.5 Å². The van der Waals surface area contributed by atoms with Crippen LogP contribution in [-0.4, -0.2) is 38.8 Å². The highest BCUT2D eigenvalue weighted by molar-refractivity contribution is 5.94. The van der Waals surface area contributed by atoms with E-state index in [1.165, 1.54) is 5.56 Å². The number of benzene rings is 2. The fraction of sp³-hybridized carbons (Fsp3) is 0.381. The summed E-state index contributed by atoms with van der Waals surface area (Å²) < 4.78 is 5.38. The third-order valence-corrected chi connectivity index (χ3v) is 4.55. The topological polar surface area (TPSA) is 53.6 Å². The third-order valence-electron chi connectivity index (χ3n) is 4.55. The second-order valence-electron chi connectivity index (χ2n) is 6.79. The number of nitrogens with one attached hydrogen (secondary N) is 2. The van der Waals surface area contributed by atoms with Gasteiger partial charge in [0.1, 0.15) is 0 Å². The summed E-state index contributed by atoms with van der Waals surface area (Å²) in [6.07, 6.45) is 0. The maximum absolute atomic E-state index is 12.3. The van der Waals surface area contributed by atoms with Crippen molar-refractivity contribution >= 4 is 23.0 Å². The molecule has 5 heteroatoms. The number of hydrogen-bond acceptors (Lipinski definition) is 4. The molecular weight excluding hydrogens is 326 g/mol. The van der Waals surface area contributed by atoms with Crippen LogP contribution in [0.25, 0.3) is 0 Å². The highest BCUT2D eigenvalue weighted by Gasteiger charge is 2.11. The quantitative estimate of drug-likeness (QED) is 0.831. The molecule has 1 aliphatic rings. The Morgan fingerprint density at radius 1 is 1.08 bits per heavy atom. The number of rotatable bonds is 6. The van der Waals surface area contributed by atoms with Crippen LogP contribution in [-0.2, 0) is 9.53 Å². The Labute approximate surface area is 155 Å². The van der Waals surface area contributed by atoms with Crippen LogP contribution >= 0.6 is 0 Å². The molecule has 3 rings (SSSR count). The van der Waals surface area contributed by atoms with E-state index in [4.69, 9.17) is 4.74 Å². The molecule has 0 saturated carbocycles. The normalized spacial score (nSPS) is 14.3. The molecule has 0 aliphatic carbocycles. The van der Waals surface area contributed by atoms with Crippen molar-refractivity contribution in [2.24, 2.45) is 0 Å². The average molecular weight is 353 g/mol. The summed E-state index contributed by atoms with van der Waals surface area (Å²) in [6.45, 7) is 7.89. The molecule has 0 spiro atoms. The molecule has 0 radical (unpaired) electrons. The van der Waals surface area contributed by atoms with Gasteiger partial charge in [0.15, 0.2) is 0 Å². The Bertz CT molecular complexity index is 722. The lowest BCUT2D eigenvalue weighted by atomic mass is 10.0. The maximum atomic E-state index is 12.3. The monoisotopic (exact) mass is 353 g/mol. The van der Waals surface area contributed by atoms with Gasteiger partial charge in [-0.15, -0.1) is 0 Å². The molecule has 1 aliphatic heterocycles. The first-order valence-electron chi connectivity index (χ1n) is 9.19. The molecule has 138 valence electrons. The van der Waals surface area contributed by atoms with Crippen molar-refractivity contribution in [2.75, 3.05) is 48.4 Å². The molecule has 0 unspecified atom stereocenters. The molecule has 1 heterocycles. The molecule has 1 amide bonds. The molecular formula is C21H27N3O2. The van der Waals surface area contributed by atoms with Crippen LogP contribution < -0.4 is 15.5 Å². The van der Waals surface area contributed by atoms with E-state index in [9.17, 15) is 4.79 Å². The fourth-order valence-electron chi connectivity index (χ4n) is 3.12. The van der Waals surface area contributed by atoms with E-state index in [2.05, 4.69) is 35.4 Å². The zero-order valence-corrected chi connectivity index (χ0v) is 15.5. The highest BCUT2D eigenvalue weighted by Crippen LogP contribution is 2.23. The van der Waals surface area contributed by atoms with E-state index in [1.54, 1.807) is 0 Å². The number of anilines is 3. The van der Waals surface area contributed by atoms with Crippen molar-refractivity contribution in [1.82, 2.24) is 0 Å². The molecule has 2 aromatic carbocycles.